The largest absolute Gasteiger partial charge is 0.351 e. The summed E-state index contributed by atoms with van der Waals surface area (Å²) in [7, 11) is 0. The lowest BCUT2D eigenvalue weighted by molar-refractivity contribution is 0.623. The average molecular weight is 190 g/mol. The van der Waals surface area contributed by atoms with Crippen LogP contribution in [-0.4, -0.2) is 22.6 Å². The highest BCUT2D eigenvalue weighted by atomic mass is 15.1. The minimum absolute atomic E-state index is 0.629. The molecule has 2 heterocycles. The molecule has 0 amide bonds. The van der Waals surface area contributed by atoms with Gasteiger partial charge in [-0.25, -0.2) is 9.97 Å². The molecule has 0 aromatic carbocycles. The molecule has 74 valence electrons. The van der Waals surface area contributed by atoms with Crippen molar-refractivity contribution >= 4 is 5.95 Å². The SMILES string of the molecule is c1nc(NC2CC2)nc2c1CCNC2. The zero-order chi connectivity index (χ0) is 9.38. The van der Waals surface area contributed by atoms with E-state index in [1.165, 1.54) is 18.4 Å². The summed E-state index contributed by atoms with van der Waals surface area (Å²) in [5.41, 5.74) is 2.46. The first-order chi connectivity index (χ1) is 6.92. The lowest BCUT2D eigenvalue weighted by Gasteiger charge is -2.16. The van der Waals surface area contributed by atoms with E-state index in [1.54, 1.807) is 0 Å². The summed E-state index contributed by atoms with van der Waals surface area (Å²) < 4.78 is 0. The van der Waals surface area contributed by atoms with E-state index in [1.807, 2.05) is 6.20 Å². The van der Waals surface area contributed by atoms with Gasteiger partial charge >= 0.3 is 0 Å². The number of hydrogen-bond donors (Lipinski definition) is 2. The Labute approximate surface area is 83.1 Å². The van der Waals surface area contributed by atoms with Crippen LogP contribution in [0.1, 0.15) is 24.1 Å². The molecule has 1 aromatic heterocycles. The maximum Gasteiger partial charge on any atom is 0.223 e. The minimum Gasteiger partial charge on any atom is -0.351 e. The molecule has 2 aliphatic rings. The molecule has 0 bridgehead atoms. The molecule has 3 rings (SSSR count). The van der Waals surface area contributed by atoms with Crippen LogP contribution in [0.2, 0.25) is 0 Å². The van der Waals surface area contributed by atoms with E-state index >= 15 is 0 Å². The molecule has 0 saturated heterocycles. The van der Waals surface area contributed by atoms with Gasteiger partial charge in [-0.05, 0) is 31.4 Å². The second-order valence-electron chi connectivity index (χ2n) is 4.01. The first kappa shape index (κ1) is 8.17. The van der Waals surface area contributed by atoms with Crippen LogP contribution < -0.4 is 10.6 Å². The summed E-state index contributed by atoms with van der Waals surface area (Å²) in [6.45, 7) is 1.93. The Kier molecular flexibility index (Phi) is 1.87. The highest BCUT2D eigenvalue weighted by Gasteiger charge is 2.22. The van der Waals surface area contributed by atoms with Gasteiger partial charge < -0.3 is 10.6 Å². The van der Waals surface area contributed by atoms with Crippen molar-refractivity contribution in [2.24, 2.45) is 0 Å². The van der Waals surface area contributed by atoms with Crippen molar-refractivity contribution in [3.8, 4) is 0 Å². The smallest absolute Gasteiger partial charge is 0.223 e. The van der Waals surface area contributed by atoms with Crippen LogP contribution in [-0.2, 0) is 13.0 Å². The molecular weight excluding hydrogens is 176 g/mol. The summed E-state index contributed by atoms with van der Waals surface area (Å²) >= 11 is 0. The van der Waals surface area contributed by atoms with Gasteiger partial charge in [-0.1, -0.05) is 0 Å². The maximum atomic E-state index is 4.51. The van der Waals surface area contributed by atoms with Gasteiger partial charge in [0.05, 0.1) is 5.69 Å². The van der Waals surface area contributed by atoms with Crippen LogP contribution in [0.3, 0.4) is 0 Å². The van der Waals surface area contributed by atoms with Crippen LogP contribution in [0.4, 0.5) is 5.95 Å². The van der Waals surface area contributed by atoms with E-state index in [-0.39, 0.29) is 0 Å². The number of nitrogens with zero attached hydrogens (tertiary/aromatic N) is 2. The topological polar surface area (TPSA) is 49.8 Å². The molecule has 0 unspecified atom stereocenters. The highest BCUT2D eigenvalue weighted by Crippen LogP contribution is 2.23. The Morgan fingerprint density at radius 3 is 3.21 bits per heavy atom. The summed E-state index contributed by atoms with van der Waals surface area (Å²) in [6, 6.07) is 0.629. The molecule has 0 atom stereocenters. The van der Waals surface area contributed by atoms with Crippen LogP contribution in [0.25, 0.3) is 0 Å². The van der Waals surface area contributed by atoms with Crippen LogP contribution >= 0.6 is 0 Å². The standard InChI is InChI=1S/C10H14N4/c1-2-8(1)13-10-12-5-7-3-4-11-6-9(7)14-10/h5,8,11H,1-4,6H2,(H,12,13,14). The molecule has 0 spiro atoms. The summed E-state index contributed by atoms with van der Waals surface area (Å²) in [5.74, 6) is 0.801. The lowest BCUT2D eigenvalue weighted by atomic mass is 10.1. The fourth-order valence-corrected chi connectivity index (χ4v) is 1.71. The summed E-state index contributed by atoms with van der Waals surface area (Å²) in [6.07, 6.45) is 5.55. The molecule has 1 saturated carbocycles. The molecule has 1 fully saturated rings. The maximum absolute atomic E-state index is 4.51. The van der Waals surface area contributed by atoms with Gasteiger partial charge in [-0.15, -0.1) is 0 Å². The number of hydrogen-bond acceptors (Lipinski definition) is 4. The van der Waals surface area contributed by atoms with Crippen molar-refractivity contribution in [1.29, 1.82) is 0 Å². The van der Waals surface area contributed by atoms with Gasteiger partial charge in [0.15, 0.2) is 0 Å². The Morgan fingerprint density at radius 2 is 2.36 bits per heavy atom. The van der Waals surface area contributed by atoms with E-state index < -0.39 is 0 Å². The molecule has 1 aromatic rings. The molecule has 4 nitrogen and oxygen atoms in total. The van der Waals surface area contributed by atoms with Crippen LogP contribution in [0.15, 0.2) is 6.20 Å². The summed E-state index contributed by atoms with van der Waals surface area (Å²) in [4.78, 5) is 8.83. The zero-order valence-electron chi connectivity index (χ0n) is 8.08. The zero-order valence-corrected chi connectivity index (χ0v) is 8.08. The van der Waals surface area contributed by atoms with E-state index in [0.29, 0.717) is 6.04 Å². The Bertz CT molecular complexity index is 346. The van der Waals surface area contributed by atoms with Gasteiger partial charge in [-0.2, -0.15) is 0 Å². The lowest BCUT2D eigenvalue weighted by Crippen LogP contribution is -2.25. The Hall–Kier alpha value is -1.16. The third-order valence-electron chi connectivity index (χ3n) is 2.73. The second kappa shape index (κ2) is 3.20. The fraction of sp³-hybridized carbons (Fsp3) is 0.600. The van der Waals surface area contributed by atoms with Crippen molar-refractivity contribution in [1.82, 2.24) is 15.3 Å². The average Bonchev–Trinajstić information content (AvgIpc) is 3.02. The number of rotatable bonds is 2. The Morgan fingerprint density at radius 1 is 1.43 bits per heavy atom. The second-order valence-corrected chi connectivity index (χ2v) is 4.01. The van der Waals surface area contributed by atoms with Gasteiger partial charge in [0.1, 0.15) is 0 Å². The molecule has 14 heavy (non-hydrogen) atoms. The van der Waals surface area contributed by atoms with Crippen molar-refractivity contribution in [3.63, 3.8) is 0 Å². The minimum atomic E-state index is 0.629. The fourth-order valence-electron chi connectivity index (χ4n) is 1.71. The number of nitrogens with one attached hydrogen (secondary N) is 2. The van der Waals surface area contributed by atoms with Crippen molar-refractivity contribution in [2.75, 3.05) is 11.9 Å². The number of fused-ring (bicyclic) bond motifs is 1. The monoisotopic (exact) mass is 190 g/mol. The molecule has 2 N–H and O–H groups in total. The van der Waals surface area contributed by atoms with Crippen molar-refractivity contribution < 1.29 is 0 Å². The molecule has 1 aliphatic heterocycles. The van der Waals surface area contributed by atoms with Crippen LogP contribution in [0.5, 0.6) is 0 Å². The van der Waals surface area contributed by atoms with Gasteiger partial charge in [0, 0.05) is 18.8 Å². The number of anilines is 1. The van der Waals surface area contributed by atoms with E-state index in [0.717, 1.165) is 31.2 Å². The first-order valence-electron chi connectivity index (χ1n) is 5.24. The molecule has 0 radical (unpaired) electrons. The predicted molar refractivity (Wildman–Crippen MR) is 54.1 cm³/mol. The third-order valence-corrected chi connectivity index (χ3v) is 2.73. The summed E-state index contributed by atoms with van der Waals surface area (Å²) in [5, 5.41) is 6.64. The van der Waals surface area contributed by atoms with Crippen LogP contribution in [0, 0.1) is 0 Å². The molecule has 4 heteroatoms. The molecule has 1 aliphatic carbocycles. The van der Waals surface area contributed by atoms with E-state index in [9.17, 15) is 0 Å². The van der Waals surface area contributed by atoms with E-state index in [2.05, 4.69) is 20.6 Å². The van der Waals surface area contributed by atoms with Crippen molar-refractivity contribution in [2.45, 2.75) is 31.8 Å². The number of aromatic nitrogens is 2. The third kappa shape index (κ3) is 1.57. The highest BCUT2D eigenvalue weighted by molar-refractivity contribution is 5.33. The molecular formula is C10H14N4. The van der Waals surface area contributed by atoms with Gasteiger partial charge in [-0.3, -0.25) is 0 Å². The van der Waals surface area contributed by atoms with Gasteiger partial charge in [0.25, 0.3) is 0 Å². The van der Waals surface area contributed by atoms with E-state index in [4.69, 9.17) is 0 Å². The quantitative estimate of drug-likeness (QED) is 0.720. The van der Waals surface area contributed by atoms with Crippen molar-refractivity contribution in [3.05, 3.63) is 17.5 Å². The normalized spacial score (nSPS) is 20.3. The first-order valence-corrected chi connectivity index (χ1v) is 5.24. The Balaban J connectivity index is 1.84. The predicted octanol–water partition coefficient (Wildman–Crippen LogP) is 0.697. The van der Waals surface area contributed by atoms with Gasteiger partial charge in [0.2, 0.25) is 5.95 Å².